The van der Waals surface area contributed by atoms with Gasteiger partial charge in [0.1, 0.15) is 13.8 Å². The summed E-state index contributed by atoms with van der Waals surface area (Å²) in [5.41, 5.74) is 6.02. The van der Waals surface area contributed by atoms with Crippen LogP contribution >= 0.6 is 0 Å². The predicted molar refractivity (Wildman–Crippen MR) is 104 cm³/mol. The molecule has 0 spiro atoms. The number of benzene rings is 1. The molecule has 0 aliphatic heterocycles. The van der Waals surface area contributed by atoms with Gasteiger partial charge in [-0.3, -0.25) is 0 Å². The Balaban J connectivity index is 2.91. The fourth-order valence-electron chi connectivity index (χ4n) is 1.95. The first-order chi connectivity index (χ1) is 10.7. The third-order valence-corrected chi connectivity index (χ3v) is 9.16. The van der Waals surface area contributed by atoms with Crippen molar-refractivity contribution in [3.63, 3.8) is 0 Å². The predicted octanol–water partition coefficient (Wildman–Crippen LogP) is 5.98. The van der Waals surface area contributed by atoms with E-state index in [0.29, 0.717) is 6.61 Å². The fraction of sp³-hybridized carbons (Fsp3) is 0.524. The summed E-state index contributed by atoms with van der Waals surface area (Å²) in [5, 5.41) is 0.288. The van der Waals surface area contributed by atoms with Crippen molar-refractivity contribution >= 4 is 8.07 Å². The molecule has 0 saturated heterocycles. The van der Waals surface area contributed by atoms with Crippen LogP contribution in [0.2, 0.25) is 18.1 Å². The maximum absolute atomic E-state index is 5.87. The van der Waals surface area contributed by atoms with Gasteiger partial charge in [-0.1, -0.05) is 70.1 Å². The van der Waals surface area contributed by atoms with Crippen LogP contribution in [0.4, 0.5) is 0 Å². The quantitative estimate of drug-likeness (QED) is 0.367. The van der Waals surface area contributed by atoms with Crippen LogP contribution < -0.4 is 0 Å². The molecule has 2 heteroatoms. The third kappa shape index (κ3) is 6.27. The maximum atomic E-state index is 5.87. The molecule has 0 fully saturated rings. The molecule has 1 nitrogen and oxygen atoms in total. The summed E-state index contributed by atoms with van der Waals surface area (Å²) in [6, 6.07) is 10.6. The molecule has 0 aliphatic carbocycles. The monoisotopic (exact) mass is 328 g/mol. The van der Waals surface area contributed by atoms with Crippen molar-refractivity contribution in [2.75, 3.05) is 6.61 Å². The van der Waals surface area contributed by atoms with Crippen LogP contribution in [0.1, 0.15) is 46.6 Å². The second kappa shape index (κ2) is 8.41. The number of aryl methyl sites for hydroxylation is 1. The number of allylic oxidation sites excluding steroid dienone is 2. The highest BCUT2D eigenvalue weighted by molar-refractivity contribution is 6.87. The van der Waals surface area contributed by atoms with Crippen molar-refractivity contribution in [1.29, 1.82) is 0 Å². The molecule has 0 saturated carbocycles. The van der Waals surface area contributed by atoms with Crippen LogP contribution in [0.15, 0.2) is 41.7 Å². The molecule has 0 heterocycles. The van der Waals surface area contributed by atoms with E-state index in [0.717, 1.165) is 24.2 Å². The summed E-state index contributed by atoms with van der Waals surface area (Å²) in [6.07, 6.45) is 1.91. The van der Waals surface area contributed by atoms with E-state index in [1.165, 1.54) is 5.56 Å². The second-order valence-corrected chi connectivity index (χ2v) is 12.6. The highest BCUT2D eigenvalue weighted by atomic mass is 28.3. The lowest BCUT2D eigenvalue weighted by atomic mass is 10.1. The van der Waals surface area contributed by atoms with E-state index in [1.54, 1.807) is 0 Å². The van der Waals surface area contributed by atoms with E-state index in [1.807, 2.05) is 6.92 Å². The van der Waals surface area contributed by atoms with Crippen LogP contribution in [-0.4, -0.2) is 14.7 Å². The molecular formula is C21H32OSi. The normalized spacial score (nSPS) is 13.0. The summed E-state index contributed by atoms with van der Waals surface area (Å²) in [6.45, 7) is 16.4. The maximum Gasteiger partial charge on any atom is 0.138 e. The molecule has 0 aliphatic rings. The molecule has 0 unspecified atom stereocenters. The molecule has 0 bridgehead atoms. The summed E-state index contributed by atoms with van der Waals surface area (Å²) in [7, 11) is -1.57. The summed E-state index contributed by atoms with van der Waals surface area (Å²) >= 11 is 0. The van der Waals surface area contributed by atoms with Gasteiger partial charge >= 0.3 is 0 Å². The Labute approximate surface area is 144 Å². The van der Waals surface area contributed by atoms with Gasteiger partial charge in [0.15, 0.2) is 0 Å². The van der Waals surface area contributed by atoms with Crippen molar-refractivity contribution in [1.82, 2.24) is 0 Å². The Morgan fingerprint density at radius 1 is 1.13 bits per heavy atom. The Kier molecular flexibility index (Phi) is 7.16. The Morgan fingerprint density at radius 3 is 2.26 bits per heavy atom. The number of hydrogen-bond donors (Lipinski definition) is 0. The van der Waals surface area contributed by atoms with Gasteiger partial charge in [0.2, 0.25) is 0 Å². The van der Waals surface area contributed by atoms with Crippen LogP contribution in [0.3, 0.4) is 0 Å². The van der Waals surface area contributed by atoms with Crippen LogP contribution in [-0.2, 0) is 11.2 Å². The number of ether oxygens (including phenoxy) is 1. The van der Waals surface area contributed by atoms with E-state index in [2.05, 4.69) is 82.6 Å². The molecule has 0 aromatic heterocycles. The van der Waals surface area contributed by atoms with Crippen LogP contribution in [0.25, 0.3) is 0 Å². The lowest BCUT2D eigenvalue weighted by Crippen LogP contribution is -2.35. The fourth-order valence-corrected chi connectivity index (χ4v) is 2.83. The van der Waals surface area contributed by atoms with Crippen molar-refractivity contribution < 1.29 is 4.74 Å². The third-order valence-electron chi connectivity index (χ3n) is 4.66. The van der Waals surface area contributed by atoms with Crippen LogP contribution in [0.5, 0.6) is 0 Å². The number of rotatable bonds is 5. The molecule has 1 rings (SSSR count). The zero-order valence-electron chi connectivity index (χ0n) is 15.9. The summed E-state index contributed by atoms with van der Waals surface area (Å²) in [4.78, 5) is 0. The minimum absolute atomic E-state index is 0.288. The molecule has 23 heavy (non-hydrogen) atoms. The van der Waals surface area contributed by atoms with Gasteiger partial charge < -0.3 is 4.74 Å². The topological polar surface area (TPSA) is 9.23 Å². The molecule has 1 aromatic carbocycles. The first kappa shape index (κ1) is 19.6. The number of hydrogen-bond acceptors (Lipinski definition) is 1. The molecule has 0 N–H and O–H groups in total. The van der Waals surface area contributed by atoms with E-state index < -0.39 is 8.07 Å². The first-order valence-electron chi connectivity index (χ1n) is 8.57. The molecule has 1 aromatic rings. The van der Waals surface area contributed by atoms with E-state index in [-0.39, 0.29) is 5.04 Å². The average Bonchev–Trinajstić information content (AvgIpc) is 2.49. The van der Waals surface area contributed by atoms with Crippen molar-refractivity contribution in [2.45, 2.75) is 65.6 Å². The van der Waals surface area contributed by atoms with Crippen LogP contribution in [0, 0.1) is 11.5 Å². The van der Waals surface area contributed by atoms with Gasteiger partial charge in [-0.05, 0) is 30.9 Å². The Hall–Kier alpha value is -1.46. The standard InChI is InChI=1S/C21H32OSi/c1-8-22-20(15-14-19-12-10-9-11-13-19)18(2)16-17-23(6,7)21(3,4)5/h9-13H,8,14-15H2,1-7H3/b20-18+. The van der Waals surface area contributed by atoms with Gasteiger partial charge in [0.05, 0.1) is 6.61 Å². The largest absolute Gasteiger partial charge is 0.497 e. The van der Waals surface area contributed by atoms with Crippen molar-refractivity contribution in [3.05, 3.63) is 47.2 Å². The van der Waals surface area contributed by atoms with Crippen molar-refractivity contribution in [2.24, 2.45) is 0 Å². The second-order valence-electron chi connectivity index (χ2n) is 7.59. The van der Waals surface area contributed by atoms with Gasteiger partial charge in [-0.2, -0.15) is 0 Å². The van der Waals surface area contributed by atoms with Gasteiger partial charge in [0, 0.05) is 12.0 Å². The first-order valence-corrected chi connectivity index (χ1v) is 11.6. The summed E-state index contributed by atoms with van der Waals surface area (Å²) in [5.74, 6) is 4.46. The van der Waals surface area contributed by atoms with Gasteiger partial charge in [-0.25, -0.2) is 0 Å². The van der Waals surface area contributed by atoms with Gasteiger partial charge in [0.25, 0.3) is 0 Å². The van der Waals surface area contributed by atoms with E-state index >= 15 is 0 Å². The molecular weight excluding hydrogens is 296 g/mol. The van der Waals surface area contributed by atoms with E-state index in [9.17, 15) is 0 Å². The molecule has 0 amide bonds. The Bertz CT molecular complexity index is 580. The lowest BCUT2D eigenvalue weighted by molar-refractivity contribution is 0.216. The van der Waals surface area contributed by atoms with E-state index in [4.69, 9.17) is 4.74 Å². The lowest BCUT2D eigenvalue weighted by Gasteiger charge is -2.31. The molecule has 126 valence electrons. The molecule has 0 radical (unpaired) electrons. The average molecular weight is 329 g/mol. The molecule has 0 atom stereocenters. The zero-order valence-corrected chi connectivity index (χ0v) is 16.9. The van der Waals surface area contributed by atoms with Crippen molar-refractivity contribution in [3.8, 4) is 11.5 Å². The zero-order chi connectivity index (χ0) is 17.5. The highest BCUT2D eigenvalue weighted by Gasteiger charge is 2.33. The highest BCUT2D eigenvalue weighted by Crippen LogP contribution is 2.35. The SMILES string of the molecule is CCO/C(CCc1ccccc1)=C(\C)C#C[Si](C)(C)C(C)(C)C. The minimum atomic E-state index is -1.57. The van der Waals surface area contributed by atoms with Gasteiger partial charge in [-0.15, -0.1) is 5.54 Å². The minimum Gasteiger partial charge on any atom is -0.497 e. The smallest absolute Gasteiger partial charge is 0.138 e. The summed E-state index contributed by atoms with van der Waals surface area (Å²) < 4.78 is 5.87. The Morgan fingerprint density at radius 2 is 1.74 bits per heavy atom.